The highest BCUT2D eigenvalue weighted by Gasteiger charge is 2.18. The van der Waals surface area contributed by atoms with Crippen molar-refractivity contribution in [2.45, 2.75) is 26.4 Å². The number of hydrogen-bond donors (Lipinski definition) is 2. The predicted octanol–water partition coefficient (Wildman–Crippen LogP) is 1.37. The largest absolute Gasteiger partial charge is 0.396 e. The molecule has 1 unspecified atom stereocenters. The van der Waals surface area contributed by atoms with E-state index >= 15 is 0 Å². The number of anilines is 1. The van der Waals surface area contributed by atoms with Crippen LogP contribution in [0.15, 0.2) is 30.7 Å². The van der Waals surface area contributed by atoms with E-state index in [9.17, 15) is 4.79 Å². The molecule has 6 nitrogen and oxygen atoms in total. The number of nitrogens with two attached hydrogens (primary N) is 1. The van der Waals surface area contributed by atoms with E-state index in [0.29, 0.717) is 17.9 Å². The Balaban J connectivity index is 2.15. The Hall–Kier alpha value is -2.37. The monoisotopic (exact) mass is 259 g/mol. The Labute approximate surface area is 111 Å². The number of carbonyl (C=O) groups excluding carboxylic acids is 1. The Morgan fingerprint density at radius 3 is 2.79 bits per heavy atom. The van der Waals surface area contributed by atoms with Crippen molar-refractivity contribution in [2.24, 2.45) is 0 Å². The molecule has 0 aromatic carbocycles. The first-order chi connectivity index (χ1) is 9.13. The molecule has 100 valence electrons. The SMILES string of the molecule is CCn1ncc(N)c1C(=O)NC(C)c1ccncc1. The zero-order chi connectivity index (χ0) is 13.8. The van der Waals surface area contributed by atoms with Gasteiger partial charge in [-0.05, 0) is 31.5 Å². The van der Waals surface area contributed by atoms with Gasteiger partial charge in [0.25, 0.3) is 5.91 Å². The van der Waals surface area contributed by atoms with Crippen molar-refractivity contribution in [1.29, 1.82) is 0 Å². The highest BCUT2D eigenvalue weighted by molar-refractivity contribution is 5.97. The van der Waals surface area contributed by atoms with Gasteiger partial charge in [-0.2, -0.15) is 5.10 Å². The molecule has 0 saturated carbocycles. The van der Waals surface area contributed by atoms with Crippen molar-refractivity contribution in [1.82, 2.24) is 20.1 Å². The standard InChI is InChI=1S/C13H17N5O/c1-3-18-12(11(14)8-16-18)13(19)17-9(2)10-4-6-15-7-5-10/h4-9H,3,14H2,1-2H3,(H,17,19). The number of rotatable bonds is 4. The van der Waals surface area contributed by atoms with Crippen LogP contribution in [0.25, 0.3) is 0 Å². The minimum Gasteiger partial charge on any atom is -0.396 e. The summed E-state index contributed by atoms with van der Waals surface area (Å²) in [5, 5.41) is 6.96. The van der Waals surface area contributed by atoms with Crippen LogP contribution in [0, 0.1) is 0 Å². The van der Waals surface area contributed by atoms with Crippen LogP contribution in [0.3, 0.4) is 0 Å². The zero-order valence-corrected chi connectivity index (χ0v) is 11.0. The lowest BCUT2D eigenvalue weighted by molar-refractivity contribution is 0.0930. The van der Waals surface area contributed by atoms with Gasteiger partial charge in [0.1, 0.15) is 5.69 Å². The molecule has 6 heteroatoms. The maximum atomic E-state index is 12.2. The van der Waals surface area contributed by atoms with Crippen LogP contribution in [0.2, 0.25) is 0 Å². The molecule has 0 bridgehead atoms. The molecular weight excluding hydrogens is 242 g/mol. The summed E-state index contributed by atoms with van der Waals surface area (Å²) in [6.45, 7) is 4.43. The first kappa shape index (κ1) is 13.1. The van der Waals surface area contributed by atoms with Crippen molar-refractivity contribution in [3.05, 3.63) is 42.0 Å². The van der Waals surface area contributed by atoms with Gasteiger partial charge in [0.2, 0.25) is 0 Å². The number of nitrogen functional groups attached to an aromatic ring is 1. The predicted molar refractivity (Wildman–Crippen MR) is 72.4 cm³/mol. The third kappa shape index (κ3) is 2.73. The van der Waals surface area contributed by atoms with E-state index in [2.05, 4.69) is 15.4 Å². The van der Waals surface area contributed by atoms with Crippen LogP contribution in [-0.2, 0) is 6.54 Å². The molecule has 0 aliphatic carbocycles. The highest BCUT2D eigenvalue weighted by Crippen LogP contribution is 2.15. The molecule has 19 heavy (non-hydrogen) atoms. The van der Waals surface area contributed by atoms with Crippen LogP contribution in [0.4, 0.5) is 5.69 Å². The Morgan fingerprint density at radius 1 is 1.47 bits per heavy atom. The number of hydrogen-bond acceptors (Lipinski definition) is 4. The summed E-state index contributed by atoms with van der Waals surface area (Å²) in [5.41, 5.74) is 7.56. The van der Waals surface area contributed by atoms with E-state index in [4.69, 9.17) is 5.73 Å². The third-order valence-corrected chi connectivity index (χ3v) is 2.94. The number of carbonyl (C=O) groups is 1. The zero-order valence-electron chi connectivity index (χ0n) is 11.0. The quantitative estimate of drug-likeness (QED) is 0.868. The lowest BCUT2D eigenvalue weighted by Gasteiger charge is -2.14. The number of amides is 1. The summed E-state index contributed by atoms with van der Waals surface area (Å²) >= 11 is 0. The normalized spacial score (nSPS) is 12.1. The molecule has 1 atom stereocenters. The van der Waals surface area contributed by atoms with Gasteiger partial charge in [-0.15, -0.1) is 0 Å². The van der Waals surface area contributed by atoms with E-state index in [1.807, 2.05) is 26.0 Å². The number of nitrogens with zero attached hydrogens (tertiary/aromatic N) is 3. The first-order valence-electron chi connectivity index (χ1n) is 6.15. The van der Waals surface area contributed by atoms with Gasteiger partial charge >= 0.3 is 0 Å². The molecule has 1 amide bonds. The minimum atomic E-state index is -0.221. The second-order valence-corrected chi connectivity index (χ2v) is 4.24. The van der Waals surface area contributed by atoms with E-state index < -0.39 is 0 Å². The molecule has 0 saturated heterocycles. The molecule has 0 spiro atoms. The summed E-state index contributed by atoms with van der Waals surface area (Å²) in [6, 6.07) is 3.62. The molecular formula is C13H17N5O. The van der Waals surface area contributed by atoms with Crippen molar-refractivity contribution in [2.75, 3.05) is 5.73 Å². The molecule has 2 aromatic heterocycles. The third-order valence-electron chi connectivity index (χ3n) is 2.94. The maximum Gasteiger partial charge on any atom is 0.272 e. The fourth-order valence-electron chi connectivity index (χ4n) is 1.89. The van der Waals surface area contributed by atoms with Gasteiger partial charge < -0.3 is 11.1 Å². The maximum absolute atomic E-state index is 12.2. The van der Waals surface area contributed by atoms with Crippen LogP contribution in [-0.4, -0.2) is 20.7 Å². The highest BCUT2D eigenvalue weighted by atomic mass is 16.2. The lowest BCUT2D eigenvalue weighted by Crippen LogP contribution is -2.29. The molecule has 0 fully saturated rings. The van der Waals surface area contributed by atoms with Crippen molar-refractivity contribution in [3.63, 3.8) is 0 Å². The fraction of sp³-hybridized carbons (Fsp3) is 0.308. The Bertz CT molecular complexity index is 564. The molecule has 2 rings (SSSR count). The summed E-state index contributed by atoms with van der Waals surface area (Å²) in [7, 11) is 0. The number of aryl methyl sites for hydroxylation is 1. The van der Waals surface area contributed by atoms with E-state index in [1.54, 1.807) is 17.1 Å². The summed E-state index contributed by atoms with van der Waals surface area (Å²) in [5.74, 6) is -0.221. The second-order valence-electron chi connectivity index (χ2n) is 4.24. The van der Waals surface area contributed by atoms with Crippen LogP contribution in [0.1, 0.15) is 35.9 Å². The van der Waals surface area contributed by atoms with Crippen molar-refractivity contribution in [3.8, 4) is 0 Å². The molecule has 0 aliphatic rings. The van der Waals surface area contributed by atoms with Crippen molar-refractivity contribution < 1.29 is 4.79 Å². The smallest absolute Gasteiger partial charge is 0.272 e. The van der Waals surface area contributed by atoms with Crippen LogP contribution >= 0.6 is 0 Å². The van der Waals surface area contributed by atoms with Gasteiger partial charge in [-0.1, -0.05) is 0 Å². The van der Waals surface area contributed by atoms with Gasteiger partial charge in [0.15, 0.2) is 0 Å². The van der Waals surface area contributed by atoms with Gasteiger partial charge in [0.05, 0.1) is 17.9 Å². The molecule has 3 N–H and O–H groups in total. The minimum absolute atomic E-state index is 0.116. The van der Waals surface area contributed by atoms with E-state index in [1.165, 1.54) is 6.20 Å². The van der Waals surface area contributed by atoms with Crippen molar-refractivity contribution >= 4 is 11.6 Å². The molecule has 2 aromatic rings. The number of aromatic nitrogens is 3. The Morgan fingerprint density at radius 2 is 2.16 bits per heavy atom. The van der Waals surface area contributed by atoms with Gasteiger partial charge in [-0.25, -0.2) is 0 Å². The summed E-state index contributed by atoms with van der Waals surface area (Å²) in [4.78, 5) is 16.2. The van der Waals surface area contributed by atoms with E-state index in [0.717, 1.165) is 5.56 Å². The molecule has 0 radical (unpaired) electrons. The number of nitrogens with one attached hydrogen (secondary N) is 1. The molecule has 0 aliphatic heterocycles. The first-order valence-corrected chi connectivity index (χ1v) is 6.15. The van der Waals surface area contributed by atoms with Crippen LogP contribution in [0.5, 0.6) is 0 Å². The topological polar surface area (TPSA) is 85.8 Å². The average Bonchev–Trinajstić information content (AvgIpc) is 2.80. The fourth-order valence-corrected chi connectivity index (χ4v) is 1.89. The van der Waals surface area contributed by atoms with Gasteiger partial charge in [0, 0.05) is 18.9 Å². The molecule has 2 heterocycles. The summed E-state index contributed by atoms with van der Waals surface area (Å²) in [6.07, 6.45) is 4.89. The summed E-state index contributed by atoms with van der Waals surface area (Å²) < 4.78 is 1.59. The second kappa shape index (κ2) is 5.51. The average molecular weight is 259 g/mol. The van der Waals surface area contributed by atoms with E-state index in [-0.39, 0.29) is 11.9 Å². The van der Waals surface area contributed by atoms with Crippen LogP contribution < -0.4 is 11.1 Å². The lowest BCUT2D eigenvalue weighted by atomic mass is 10.1. The number of pyridine rings is 1. The Kier molecular flexibility index (Phi) is 3.79. The van der Waals surface area contributed by atoms with Gasteiger partial charge in [-0.3, -0.25) is 14.5 Å².